The van der Waals surface area contributed by atoms with E-state index in [1.165, 1.54) is 0 Å². The van der Waals surface area contributed by atoms with Gasteiger partial charge in [-0.2, -0.15) is 0 Å². The van der Waals surface area contributed by atoms with Gasteiger partial charge in [0.2, 0.25) is 5.91 Å². The first-order valence-electron chi connectivity index (χ1n) is 3.70. The Morgan fingerprint density at radius 3 is 2.80 bits per heavy atom. The minimum Gasteiger partial charge on any atom is -0.352 e. The van der Waals surface area contributed by atoms with Gasteiger partial charge in [-0.25, -0.2) is 0 Å². The highest BCUT2D eigenvalue weighted by molar-refractivity contribution is 5.73. The molecule has 1 aliphatic heterocycles. The van der Waals surface area contributed by atoms with E-state index in [9.17, 15) is 4.79 Å². The zero-order valence-electron chi connectivity index (χ0n) is 6.48. The Hall–Kier alpha value is -0.570. The lowest BCUT2D eigenvalue weighted by atomic mass is 10.1. The Morgan fingerprint density at radius 2 is 2.40 bits per heavy atom. The molecule has 0 aromatic rings. The van der Waals surface area contributed by atoms with Crippen molar-refractivity contribution in [2.45, 2.75) is 32.4 Å². The number of hydrogen-bond acceptors (Lipinski definition) is 2. The molecule has 1 aliphatic rings. The summed E-state index contributed by atoms with van der Waals surface area (Å²) in [7, 11) is 0. The number of rotatable bonds is 1. The Labute approximate surface area is 61.2 Å². The maximum Gasteiger partial charge on any atom is 0.217 e. The molecule has 0 radical (unpaired) electrons. The zero-order valence-corrected chi connectivity index (χ0v) is 6.48. The number of hydrogen-bond donors (Lipinski definition) is 2. The Bertz CT molecular complexity index is 136. The van der Waals surface area contributed by atoms with Crippen LogP contribution in [0.1, 0.15) is 20.3 Å². The summed E-state index contributed by atoms with van der Waals surface area (Å²) in [5.41, 5.74) is 0. The van der Waals surface area contributed by atoms with Gasteiger partial charge in [-0.05, 0) is 19.9 Å². The minimum atomic E-state index is 0.0700. The van der Waals surface area contributed by atoms with Gasteiger partial charge >= 0.3 is 0 Å². The maximum absolute atomic E-state index is 10.6. The van der Waals surface area contributed by atoms with Crippen LogP contribution in [0.15, 0.2) is 0 Å². The van der Waals surface area contributed by atoms with Crippen LogP contribution in [0.2, 0.25) is 0 Å². The molecule has 0 spiro atoms. The Morgan fingerprint density at radius 1 is 1.70 bits per heavy atom. The molecule has 1 saturated heterocycles. The highest BCUT2D eigenvalue weighted by Crippen LogP contribution is 2.04. The van der Waals surface area contributed by atoms with Crippen LogP contribution in [0.3, 0.4) is 0 Å². The normalized spacial score (nSPS) is 32.2. The van der Waals surface area contributed by atoms with E-state index in [1.54, 1.807) is 6.92 Å². The van der Waals surface area contributed by atoms with Gasteiger partial charge in [0.1, 0.15) is 0 Å². The topological polar surface area (TPSA) is 41.1 Å². The SMILES string of the molecule is CC(=O)NC1CCNC1C. The largest absolute Gasteiger partial charge is 0.352 e. The number of carbonyl (C=O) groups is 1. The average molecular weight is 142 g/mol. The first-order valence-corrected chi connectivity index (χ1v) is 3.70. The molecule has 0 aliphatic carbocycles. The summed E-state index contributed by atoms with van der Waals surface area (Å²) < 4.78 is 0. The number of nitrogens with one attached hydrogen (secondary N) is 2. The van der Waals surface area contributed by atoms with E-state index in [4.69, 9.17) is 0 Å². The van der Waals surface area contributed by atoms with Crippen LogP contribution in [0.25, 0.3) is 0 Å². The minimum absolute atomic E-state index is 0.0700. The van der Waals surface area contributed by atoms with Gasteiger partial charge in [-0.1, -0.05) is 0 Å². The molecule has 1 amide bonds. The van der Waals surface area contributed by atoms with Crippen LogP contribution in [0, 0.1) is 0 Å². The van der Waals surface area contributed by atoms with Crippen molar-refractivity contribution in [2.24, 2.45) is 0 Å². The summed E-state index contributed by atoms with van der Waals surface area (Å²) in [6, 6.07) is 0.779. The predicted molar refractivity (Wildman–Crippen MR) is 39.7 cm³/mol. The lowest BCUT2D eigenvalue weighted by Crippen LogP contribution is -2.40. The van der Waals surface area contributed by atoms with Crippen molar-refractivity contribution in [2.75, 3.05) is 6.54 Å². The molecule has 2 unspecified atom stereocenters. The van der Waals surface area contributed by atoms with E-state index in [-0.39, 0.29) is 5.91 Å². The molecule has 3 heteroatoms. The number of carbonyl (C=O) groups excluding carboxylic acids is 1. The zero-order chi connectivity index (χ0) is 7.56. The van der Waals surface area contributed by atoms with Gasteiger partial charge in [0.15, 0.2) is 0 Å². The molecule has 10 heavy (non-hydrogen) atoms. The standard InChI is InChI=1S/C7H14N2O/c1-5-7(3-4-8-5)9-6(2)10/h5,7-8H,3-4H2,1-2H3,(H,9,10). The van der Waals surface area contributed by atoms with Gasteiger partial charge in [0, 0.05) is 19.0 Å². The van der Waals surface area contributed by atoms with Crippen LogP contribution >= 0.6 is 0 Å². The summed E-state index contributed by atoms with van der Waals surface area (Å²) in [5, 5.41) is 6.15. The van der Waals surface area contributed by atoms with Crippen LogP contribution in [-0.4, -0.2) is 24.5 Å². The van der Waals surface area contributed by atoms with Gasteiger partial charge < -0.3 is 10.6 Å². The second kappa shape index (κ2) is 3.01. The fraction of sp³-hybridized carbons (Fsp3) is 0.857. The monoisotopic (exact) mass is 142 g/mol. The summed E-state index contributed by atoms with van der Waals surface area (Å²) in [6.07, 6.45) is 1.06. The third-order valence-corrected chi connectivity index (χ3v) is 1.91. The molecule has 1 heterocycles. The van der Waals surface area contributed by atoms with E-state index in [2.05, 4.69) is 17.6 Å². The second-order valence-corrected chi connectivity index (χ2v) is 2.84. The first kappa shape index (κ1) is 7.54. The first-order chi connectivity index (χ1) is 4.70. The maximum atomic E-state index is 10.6. The summed E-state index contributed by atoms with van der Waals surface area (Å²) in [4.78, 5) is 10.6. The predicted octanol–water partition coefficient (Wildman–Crippen LogP) is -0.127. The van der Waals surface area contributed by atoms with Crippen molar-refractivity contribution in [3.05, 3.63) is 0 Å². The van der Waals surface area contributed by atoms with Gasteiger partial charge in [0.05, 0.1) is 0 Å². The second-order valence-electron chi connectivity index (χ2n) is 2.84. The van der Waals surface area contributed by atoms with Gasteiger partial charge in [0.25, 0.3) is 0 Å². The molecule has 2 N–H and O–H groups in total. The third kappa shape index (κ3) is 1.70. The molecular formula is C7H14N2O. The fourth-order valence-corrected chi connectivity index (χ4v) is 1.32. The van der Waals surface area contributed by atoms with Gasteiger partial charge in [-0.3, -0.25) is 4.79 Å². The van der Waals surface area contributed by atoms with Crippen LogP contribution in [0.5, 0.6) is 0 Å². The van der Waals surface area contributed by atoms with E-state index >= 15 is 0 Å². The molecule has 3 nitrogen and oxygen atoms in total. The smallest absolute Gasteiger partial charge is 0.217 e. The Balaban J connectivity index is 2.33. The van der Waals surface area contributed by atoms with Gasteiger partial charge in [-0.15, -0.1) is 0 Å². The van der Waals surface area contributed by atoms with Crippen molar-refractivity contribution in [1.29, 1.82) is 0 Å². The van der Waals surface area contributed by atoms with E-state index in [1.807, 2.05) is 0 Å². The molecular weight excluding hydrogens is 128 g/mol. The highest BCUT2D eigenvalue weighted by Gasteiger charge is 2.22. The van der Waals surface area contributed by atoms with Crippen LogP contribution < -0.4 is 10.6 Å². The highest BCUT2D eigenvalue weighted by atomic mass is 16.1. The molecule has 1 fully saturated rings. The number of amides is 1. The van der Waals surface area contributed by atoms with E-state index in [0.717, 1.165) is 13.0 Å². The lowest BCUT2D eigenvalue weighted by molar-refractivity contribution is -0.119. The summed E-state index contributed by atoms with van der Waals surface area (Å²) >= 11 is 0. The van der Waals surface area contributed by atoms with Crippen LogP contribution in [0.4, 0.5) is 0 Å². The summed E-state index contributed by atoms with van der Waals surface area (Å²) in [5.74, 6) is 0.0700. The Kier molecular flexibility index (Phi) is 2.27. The van der Waals surface area contributed by atoms with E-state index < -0.39 is 0 Å². The van der Waals surface area contributed by atoms with Crippen molar-refractivity contribution in [1.82, 2.24) is 10.6 Å². The fourth-order valence-electron chi connectivity index (χ4n) is 1.32. The van der Waals surface area contributed by atoms with E-state index in [0.29, 0.717) is 12.1 Å². The molecule has 58 valence electrons. The summed E-state index contributed by atoms with van der Waals surface area (Å²) in [6.45, 7) is 4.67. The molecule has 0 saturated carbocycles. The molecule has 0 bridgehead atoms. The van der Waals surface area contributed by atoms with Crippen molar-refractivity contribution >= 4 is 5.91 Å². The molecule has 1 rings (SSSR count). The quantitative estimate of drug-likeness (QED) is 0.535. The molecule has 2 atom stereocenters. The van der Waals surface area contributed by atoms with Crippen LogP contribution in [-0.2, 0) is 4.79 Å². The lowest BCUT2D eigenvalue weighted by Gasteiger charge is -2.14. The average Bonchev–Trinajstić information content (AvgIpc) is 2.15. The van der Waals surface area contributed by atoms with Crippen molar-refractivity contribution in [3.8, 4) is 0 Å². The van der Waals surface area contributed by atoms with Crippen molar-refractivity contribution in [3.63, 3.8) is 0 Å². The molecule has 0 aromatic heterocycles. The van der Waals surface area contributed by atoms with Crippen molar-refractivity contribution < 1.29 is 4.79 Å². The third-order valence-electron chi connectivity index (χ3n) is 1.91. The molecule has 0 aromatic carbocycles.